The Morgan fingerprint density at radius 3 is 2.46 bits per heavy atom. The summed E-state index contributed by atoms with van der Waals surface area (Å²) >= 11 is 0. The standard InChI is InChI=1S/C33H44N2O.ClH/c1-24-8-7-11-27(18-24)19-28(21-30(36)20-25-14-16-29(34)17-15-25)32-23-35(22-26-9-3-2-4-10-26)33-13-6-5-12-31(32)33;/h5-8,11-13,18,23,25-26,28-29H,2-4,9-10,14-17,19-22,34H2,1H3;1H. The minimum absolute atomic E-state index is 0. The monoisotopic (exact) mass is 520 g/mol. The Hall–Kier alpha value is -2.10. The minimum atomic E-state index is 0. The zero-order valence-electron chi connectivity index (χ0n) is 22.5. The first-order valence-electron chi connectivity index (χ1n) is 14.5. The Labute approximate surface area is 229 Å². The van der Waals surface area contributed by atoms with Gasteiger partial charge in [-0.15, -0.1) is 12.4 Å². The lowest BCUT2D eigenvalue weighted by Crippen LogP contribution is -2.27. The molecule has 0 spiro atoms. The summed E-state index contributed by atoms with van der Waals surface area (Å²) in [6, 6.07) is 18.0. The molecule has 2 fully saturated rings. The Bertz CT molecular complexity index is 1150. The number of ketones is 1. The van der Waals surface area contributed by atoms with Gasteiger partial charge in [0.05, 0.1) is 0 Å². The number of halogens is 1. The smallest absolute Gasteiger partial charge is 0.133 e. The highest BCUT2D eigenvalue weighted by molar-refractivity contribution is 5.86. The van der Waals surface area contributed by atoms with Gasteiger partial charge in [0.15, 0.2) is 0 Å². The molecule has 1 atom stereocenters. The van der Waals surface area contributed by atoms with Gasteiger partial charge in [-0.25, -0.2) is 0 Å². The molecule has 0 radical (unpaired) electrons. The molecule has 0 aliphatic heterocycles. The molecular weight excluding hydrogens is 476 g/mol. The number of Topliss-reactive ketones (excluding diaryl/α,β-unsaturated/α-hetero) is 1. The van der Waals surface area contributed by atoms with E-state index < -0.39 is 0 Å². The average molecular weight is 521 g/mol. The molecule has 0 amide bonds. The molecule has 2 aromatic carbocycles. The van der Waals surface area contributed by atoms with Gasteiger partial charge in [0.25, 0.3) is 0 Å². The number of hydrogen-bond acceptors (Lipinski definition) is 2. The van der Waals surface area contributed by atoms with Crippen molar-refractivity contribution < 1.29 is 4.79 Å². The molecule has 2 aliphatic rings. The van der Waals surface area contributed by atoms with Gasteiger partial charge in [-0.05, 0) is 86.8 Å². The molecule has 1 heterocycles. The highest BCUT2D eigenvalue weighted by atomic mass is 35.5. The summed E-state index contributed by atoms with van der Waals surface area (Å²) < 4.78 is 2.51. The van der Waals surface area contributed by atoms with Crippen molar-refractivity contribution >= 4 is 29.1 Å². The van der Waals surface area contributed by atoms with Crippen molar-refractivity contribution in [1.82, 2.24) is 4.57 Å². The van der Waals surface area contributed by atoms with E-state index in [0.29, 0.717) is 24.2 Å². The molecule has 0 bridgehead atoms. The van der Waals surface area contributed by atoms with Crippen LogP contribution in [0.2, 0.25) is 0 Å². The van der Waals surface area contributed by atoms with Crippen molar-refractivity contribution in [3.8, 4) is 0 Å². The van der Waals surface area contributed by atoms with E-state index in [-0.39, 0.29) is 18.3 Å². The quantitative estimate of drug-likeness (QED) is 0.309. The Balaban J connectivity index is 0.00000320. The van der Waals surface area contributed by atoms with Gasteiger partial charge in [0, 0.05) is 42.5 Å². The van der Waals surface area contributed by atoms with Crippen LogP contribution in [0.25, 0.3) is 10.9 Å². The number of carbonyl (C=O) groups is 1. The van der Waals surface area contributed by atoms with E-state index in [1.807, 2.05) is 0 Å². The number of aryl methyl sites for hydroxylation is 1. The molecule has 200 valence electrons. The average Bonchev–Trinajstić information content (AvgIpc) is 3.24. The second kappa shape index (κ2) is 13.1. The predicted octanol–water partition coefficient (Wildman–Crippen LogP) is 8.14. The summed E-state index contributed by atoms with van der Waals surface area (Å²) in [6.07, 6.45) is 15.8. The van der Waals surface area contributed by atoms with Gasteiger partial charge in [0.1, 0.15) is 5.78 Å². The number of hydrogen-bond donors (Lipinski definition) is 1. The molecule has 2 saturated carbocycles. The highest BCUT2D eigenvalue weighted by Crippen LogP contribution is 2.36. The van der Waals surface area contributed by atoms with E-state index in [2.05, 4.69) is 66.2 Å². The SMILES string of the molecule is Cc1cccc(CC(CC(=O)CC2CCC(N)CC2)c2cn(CC3CCCCC3)c3ccccc23)c1.Cl. The molecule has 3 aromatic rings. The molecular formula is C33H45ClN2O. The van der Waals surface area contributed by atoms with Crippen molar-refractivity contribution in [1.29, 1.82) is 0 Å². The lowest BCUT2D eigenvalue weighted by Gasteiger charge is -2.26. The molecule has 2 N–H and O–H groups in total. The number of benzene rings is 2. The zero-order chi connectivity index (χ0) is 24.9. The highest BCUT2D eigenvalue weighted by Gasteiger charge is 2.26. The molecule has 37 heavy (non-hydrogen) atoms. The van der Waals surface area contributed by atoms with Crippen LogP contribution in [-0.4, -0.2) is 16.4 Å². The third-order valence-electron chi connectivity index (χ3n) is 8.89. The first kappa shape index (κ1) is 27.9. The van der Waals surface area contributed by atoms with Crippen LogP contribution in [0.5, 0.6) is 0 Å². The molecule has 2 aliphatic carbocycles. The van der Waals surface area contributed by atoms with Crippen LogP contribution in [-0.2, 0) is 17.8 Å². The van der Waals surface area contributed by atoms with E-state index in [9.17, 15) is 4.79 Å². The van der Waals surface area contributed by atoms with Crippen molar-refractivity contribution in [2.24, 2.45) is 17.6 Å². The minimum Gasteiger partial charge on any atom is -0.347 e. The summed E-state index contributed by atoms with van der Waals surface area (Å²) in [5, 5.41) is 1.34. The van der Waals surface area contributed by atoms with Gasteiger partial charge in [-0.3, -0.25) is 4.79 Å². The fraction of sp³-hybridized carbons (Fsp3) is 0.545. The molecule has 1 unspecified atom stereocenters. The largest absolute Gasteiger partial charge is 0.347 e. The van der Waals surface area contributed by atoms with Gasteiger partial charge in [-0.1, -0.05) is 67.3 Å². The number of carbonyl (C=O) groups excluding carboxylic acids is 1. The second-order valence-electron chi connectivity index (χ2n) is 11.9. The number of para-hydroxylation sites is 1. The maximum Gasteiger partial charge on any atom is 0.133 e. The van der Waals surface area contributed by atoms with Crippen LogP contribution >= 0.6 is 12.4 Å². The predicted molar refractivity (Wildman–Crippen MR) is 158 cm³/mol. The van der Waals surface area contributed by atoms with Gasteiger partial charge in [-0.2, -0.15) is 0 Å². The topological polar surface area (TPSA) is 48.0 Å². The molecule has 1 aromatic heterocycles. The van der Waals surface area contributed by atoms with E-state index in [1.54, 1.807) is 0 Å². The number of nitrogens with zero attached hydrogens (tertiary/aromatic N) is 1. The van der Waals surface area contributed by atoms with Crippen LogP contribution in [0, 0.1) is 18.8 Å². The number of fused-ring (bicyclic) bond motifs is 1. The van der Waals surface area contributed by atoms with Gasteiger partial charge < -0.3 is 10.3 Å². The Morgan fingerprint density at radius 2 is 1.70 bits per heavy atom. The van der Waals surface area contributed by atoms with Gasteiger partial charge >= 0.3 is 0 Å². The maximum absolute atomic E-state index is 13.5. The Morgan fingerprint density at radius 1 is 0.946 bits per heavy atom. The fourth-order valence-corrected chi connectivity index (χ4v) is 6.89. The van der Waals surface area contributed by atoms with Gasteiger partial charge in [0.2, 0.25) is 0 Å². The summed E-state index contributed by atoms with van der Waals surface area (Å²) in [4.78, 5) is 13.5. The van der Waals surface area contributed by atoms with Crippen molar-refractivity contribution in [3.63, 3.8) is 0 Å². The molecule has 3 nitrogen and oxygen atoms in total. The summed E-state index contributed by atoms with van der Waals surface area (Å²) in [5.74, 6) is 1.93. The second-order valence-corrected chi connectivity index (χ2v) is 11.9. The first-order valence-corrected chi connectivity index (χ1v) is 14.5. The maximum atomic E-state index is 13.5. The Kier molecular flexibility index (Phi) is 9.90. The third kappa shape index (κ3) is 7.27. The molecule has 0 saturated heterocycles. The zero-order valence-corrected chi connectivity index (χ0v) is 23.4. The molecule has 4 heteroatoms. The fourth-order valence-electron chi connectivity index (χ4n) is 6.89. The number of nitrogens with two attached hydrogens (primary N) is 1. The first-order chi connectivity index (χ1) is 17.5. The lowest BCUT2D eigenvalue weighted by molar-refractivity contribution is -0.120. The van der Waals surface area contributed by atoms with E-state index in [1.165, 1.54) is 59.7 Å². The summed E-state index contributed by atoms with van der Waals surface area (Å²) in [5.41, 5.74) is 11.4. The van der Waals surface area contributed by atoms with Crippen molar-refractivity contribution in [2.75, 3.05) is 0 Å². The van der Waals surface area contributed by atoms with Crippen molar-refractivity contribution in [2.45, 2.75) is 102 Å². The summed E-state index contributed by atoms with van der Waals surface area (Å²) in [6.45, 7) is 3.27. The summed E-state index contributed by atoms with van der Waals surface area (Å²) in [7, 11) is 0. The van der Waals surface area contributed by atoms with Crippen LogP contribution in [0.3, 0.4) is 0 Å². The van der Waals surface area contributed by atoms with Crippen molar-refractivity contribution in [3.05, 3.63) is 71.4 Å². The van der Waals surface area contributed by atoms with E-state index in [4.69, 9.17) is 5.73 Å². The van der Waals surface area contributed by atoms with E-state index >= 15 is 0 Å². The third-order valence-corrected chi connectivity index (χ3v) is 8.89. The van der Waals surface area contributed by atoms with Crippen LogP contribution in [0.15, 0.2) is 54.7 Å². The van der Waals surface area contributed by atoms with Crippen LogP contribution in [0.4, 0.5) is 0 Å². The normalized spacial score (nSPS) is 21.5. The van der Waals surface area contributed by atoms with Crippen LogP contribution < -0.4 is 5.73 Å². The molecule has 5 rings (SSSR count). The lowest BCUT2D eigenvalue weighted by atomic mass is 9.81. The number of aromatic nitrogens is 1. The number of rotatable bonds is 9. The van der Waals surface area contributed by atoms with Crippen LogP contribution in [0.1, 0.15) is 93.2 Å². The van der Waals surface area contributed by atoms with E-state index in [0.717, 1.165) is 51.0 Å².